The molecule has 18 heavy (non-hydrogen) atoms. The Hall–Kier alpha value is -2.08. The van der Waals surface area contributed by atoms with Gasteiger partial charge in [-0.25, -0.2) is 4.79 Å². The largest absolute Gasteiger partial charge is 0.478 e. The number of nitrogens with one attached hydrogen (secondary N) is 2. The minimum absolute atomic E-state index is 0.111. The van der Waals surface area contributed by atoms with Crippen LogP contribution in [-0.4, -0.2) is 22.0 Å². The Morgan fingerprint density at radius 1 is 1.28 bits per heavy atom. The van der Waals surface area contributed by atoms with Crippen molar-refractivity contribution >= 4 is 33.5 Å². The fraction of sp³-hybridized carbons (Fsp3) is 0. The molecule has 92 valence electrons. The molecule has 0 saturated heterocycles. The van der Waals surface area contributed by atoms with Crippen molar-refractivity contribution in [3.05, 3.63) is 52.3 Å². The number of amides is 1. The molecule has 1 heterocycles. The Bertz CT molecular complexity index is 593. The number of halogens is 1. The maximum absolute atomic E-state index is 11.8. The zero-order valence-corrected chi connectivity index (χ0v) is 10.7. The van der Waals surface area contributed by atoms with Crippen molar-refractivity contribution in [3.8, 4) is 0 Å². The molecule has 2 aromatic rings. The molecule has 0 unspecified atom stereocenters. The minimum Gasteiger partial charge on any atom is -0.478 e. The van der Waals surface area contributed by atoms with Gasteiger partial charge < -0.3 is 15.4 Å². The lowest BCUT2D eigenvalue weighted by Crippen LogP contribution is -2.13. The summed E-state index contributed by atoms with van der Waals surface area (Å²) < 4.78 is 0.618. The molecule has 0 aliphatic rings. The van der Waals surface area contributed by atoms with E-state index in [0.29, 0.717) is 15.9 Å². The maximum atomic E-state index is 11.8. The first-order valence-electron chi connectivity index (χ1n) is 5.05. The van der Waals surface area contributed by atoms with Crippen molar-refractivity contribution in [1.29, 1.82) is 0 Å². The Morgan fingerprint density at radius 2 is 2.06 bits per heavy atom. The lowest BCUT2D eigenvalue weighted by Gasteiger charge is -2.07. The summed E-state index contributed by atoms with van der Waals surface area (Å²) in [7, 11) is 0. The van der Waals surface area contributed by atoms with Gasteiger partial charge in [-0.1, -0.05) is 0 Å². The molecule has 0 aliphatic carbocycles. The third-order valence-electron chi connectivity index (χ3n) is 2.30. The van der Waals surface area contributed by atoms with E-state index in [-0.39, 0.29) is 11.5 Å². The van der Waals surface area contributed by atoms with Gasteiger partial charge in [0.1, 0.15) is 5.69 Å². The van der Waals surface area contributed by atoms with Crippen molar-refractivity contribution in [2.24, 2.45) is 0 Å². The summed E-state index contributed by atoms with van der Waals surface area (Å²) in [5, 5.41) is 11.5. The van der Waals surface area contributed by atoms with Gasteiger partial charge in [-0.3, -0.25) is 4.79 Å². The van der Waals surface area contributed by atoms with Gasteiger partial charge in [0, 0.05) is 10.7 Å². The van der Waals surface area contributed by atoms with Crippen LogP contribution in [0.3, 0.4) is 0 Å². The number of carbonyl (C=O) groups is 2. The number of hydrogen-bond donors (Lipinski definition) is 3. The van der Waals surface area contributed by atoms with Crippen LogP contribution in [0, 0.1) is 0 Å². The van der Waals surface area contributed by atoms with Gasteiger partial charge in [0.2, 0.25) is 0 Å². The van der Waals surface area contributed by atoms with Crippen LogP contribution < -0.4 is 5.32 Å². The highest BCUT2D eigenvalue weighted by molar-refractivity contribution is 9.10. The van der Waals surface area contributed by atoms with Crippen molar-refractivity contribution in [2.75, 3.05) is 5.32 Å². The molecule has 0 aliphatic heterocycles. The predicted molar refractivity (Wildman–Crippen MR) is 69.8 cm³/mol. The minimum atomic E-state index is -1.04. The number of carbonyl (C=O) groups excluding carboxylic acids is 1. The van der Waals surface area contributed by atoms with Crippen molar-refractivity contribution in [1.82, 2.24) is 4.98 Å². The first-order chi connectivity index (χ1) is 8.58. The van der Waals surface area contributed by atoms with Gasteiger partial charge >= 0.3 is 5.97 Å². The molecular weight excluding hydrogens is 300 g/mol. The van der Waals surface area contributed by atoms with Gasteiger partial charge in [0.25, 0.3) is 5.91 Å². The molecule has 1 amide bonds. The molecule has 5 nitrogen and oxygen atoms in total. The number of aromatic nitrogens is 1. The van der Waals surface area contributed by atoms with Crippen LogP contribution in [0.2, 0.25) is 0 Å². The normalized spacial score (nSPS) is 10.1. The monoisotopic (exact) mass is 308 g/mol. The van der Waals surface area contributed by atoms with Gasteiger partial charge in [0.15, 0.2) is 0 Å². The zero-order chi connectivity index (χ0) is 13.1. The number of hydrogen-bond acceptors (Lipinski definition) is 2. The summed E-state index contributed by atoms with van der Waals surface area (Å²) in [5.41, 5.74) is 0.928. The SMILES string of the molecule is O=C(O)c1ccc(Br)c(NC(=O)c2ccc[nH]2)c1. The van der Waals surface area contributed by atoms with E-state index < -0.39 is 5.97 Å². The summed E-state index contributed by atoms with van der Waals surface area (Å²) in [6.07, 6.45) is 1.64. The molecule has 0 bridgehead atoms. The van der Waals surface area contributed by atoms with Gasteiger partial charge in [-0.05, 0) is 46.3 Å². The average molecular weight is 309 g/mol. The van der Waals surface area contributed by atoms with E-state index in [1.165, 1.54) is 12.1 Å². The summed E-state index contributed by atoms with van der Waals surface area (Å²) >= 11 is 3.25. The number of benzene rings is 1. The summed E-state index contributed by atoms with van der Waals surface area (Å²) in [6.45, 7) is 0. The third-order valence-corrected chi connectivity index (χ3v) is 3.00. The van der Waals surface area contributed by atoms with Gasteiger partial charge in [-0.2, -0.15) is 0 Å². The lowest BCUT2D eigenvalue weighted by atomic mass is 10.2. The van der Waals surface area contributed by atoms with Crippen LogP contribution in [-0.2, 0) is 0 Å². The molecule has 1 aromatic carbocycles. The van der Waals surface area contributed by atoms with E-state index in [4.69, 9.17) is 5.11 Å². The fourth-order valence-corrected chi connectivity index (χ4v) is 1.76. The average Bonchev–Trinajstić information content (AvgIpc) is 2.85. The Morgan fingerprint density at radius 3 is 2.67 bits per heavy atom. The highest BCUT2D eigenvalue weighted by atomic mass is 79.9. The molecule has 2 rings (SSSR count). The molecule has 0 spiro atoms. The maximum Gasteiger partial charge on any atom is 0.335 e. The van der Waals surface area contributed by atoms with Gasteiger partial charge in [-0.15, -0.1) is 0 Å². The second-order valence-corrected chi connectivity index (χ2v) is 4.39. The topological polar surface area (TPSA) is 82.2 Å². The van der Waals surface area contributed by atoms with Crippen LogP contribution in [0.25, 0.3) is 0 Å². The number of anilines is 1. The standard InChI is InChI=1S/C12H9BrN2O3/c13-8-4-3-7(12(17)18)6-10(8)15-11(16)9-2-1-5-14-9/h1-6,14H,(H,15,16)(H,17,18). The molecule has 0 fully saturated rings. The number of carboxylic acids is 1. The molecule has 0 atom stereocenters. The summed E-state index contributed by atoms with van der Waals surface area (Å²) in [4.78, 5) is 25.4. The quantitative estimate of drug-likeness (QED) is 0.815. The molecule has 3 N–H and O–H groups in total. The number of H-pyrrole nitrogens is 1. The van der Waals surface area contributed by atoms with E-state index in [1.54, 1.807) is 24.4 Å². The molecule has 1 aromatic heterocycles. The second-order valence-electron chi connectivity index (χ2n) is 3.54. The Labute approximate surface area is 111 Å². The van der Waals surface area contributed by atoms with E-state index >= 15 is 0 Å². The molecular formula is C12H9BrN2O3. The summed E-state index contributed by atoms with van der Waals surface area (Å²) in [5.74, 6) is -1.37. The lowest BCUT2D eigenvalue weighted by molar-refractivity contribution is 0.0696. The molecule has 0 radical (unpaired) electrons. The second kappa shape index (κ2) is 5.05. The predicted octanol–water partition coefficient (Wildman–Crippen LogP) is 2.73. The van der Waals surface area contributed by atoms with Gasteiger partial charge in [0.05, 0.1) is 11.3 Å². The van der Waals surface area contributed by atoms with Crippen LogP contribution >= 0.6 is 15.9 Å². The Kier molecular flexibility index (Phi) is 3.47. The zero-order valence-electron chi connectivity index (χ0n) is 9.11. The Balaban J connectivity index is 2.26. The van der Waals surface area contributed by atoms with E-state index in [2.05, 4.69) is 26.2 Å². The number of aromatic amines is 1. The van der Waals surface area contributed by atoms with E-state index in [9.17, 15) is 9.59 Å². The van der Waals surface area contributed by atoms with Crippen molar-refractivity contribution in [2.45, 2.75) is 0 Å². The third kappa shape index (κ3) is 2.60. The van der Waals surface area contributed by atoms with E-state index in [1.807, 2.05) is 0 Å². The van der Waals surface area contributed by atoms with Crippen LogP contribution in [0.1, 0.15) is 20.8 Å². The molecule has 6 heteroatoms. The first kappa shape index (κ1) is 12.4. The number of rotatable bonds is 3. The first-order valence-corrected chi connectivity index (χ1v) is 5.85. The highest BCUT2D eigenvalue weighted by Gasteiger charge is 2.11. The highest BCUT2D eigenvalue weighted by Crippen LogP contribution is 2.24. The van der Waals surface area contributed by atoms with Crippen molar-refractivity contribution in [3.63, 3.8) is 0 Å². The molecule has 0 saturated carbocycles. The number of carboxylic acid groups (broad SMARTS) is 1. The fourth-order valence-electron chi connectivity index (χ4n) is 1.42. The smallest absolute Gasteiger partial charge is 0.335 e. The van der Waals surface area contributed by atoms with Crippen LogP contribution in [0.4, 0.5) is 5.69 Å². The van der Waals surface area contributed by atoms with Crippen LogP contribution in [0.5, 0.6) is 0 Å². The van der Waals surface area contributed by atoms with E-state index in [0.717, 1.165) is 0 Å². The van der Waals surface area contributed by atoms with Crippen LogP contribution in [0.15, 0.2) is 41.0 Å². The summed E-state index contributed by atoms with van der Waals surface area (Å²) in [6, 6.07) is 7.76. The van der Waals surface area contributed by atoms with Crippen molar-refractivity contribution < 1.29 is 14.7 Å². The number of aromatic carboxylic acids is 1.